The maximum atomic E-state index is 11.6. The Morgan fingerprint density at radius 2 is 1.94 bits per heavy atom. The number of allylic oxidation sites excluding steroid dienone is 1. The summed E-state index contributed by atoms with van der Waals surface area (Å²) in [5.74, 6) is -0.433. The Hall–Kier alpha value is -1.90. The Labute approximate surface area is 94.7 Å². The quantitative estimate of drug-likeness (QED) is 0.433. The van der Waals surface area contributed by atoms with Crippen molar-refractivity contribution in [3.8, 4) is 0 Å². The van der Waals surface area contributed by atoms with Crippen LogP contribution in [-0.2, 0) is 9.53 Å². The van der Waals surface area contributed by atoms with Crippen LogP contribution in [0.1, 0.15) is 23.7 Å². The molecule has 0 aromatic heterocycles. The molecule has 0 amide bonds. The van der Waals surface area contributed by atoms with Gasteiger partial charge in [0.05, 0.1) is 6.61 Å². The summed E-state index contributed by atoms with van der Waals surface area (Å²) in [6.45, 7) is 1.85. The first-order valence-corrected chi connectivity index (χ1v) is 5.11. The topological polar surface area (TPSA) is 43.4 Å². The number of ketones is 1. The van der Waals surface area contributed by atoms with Gasteiger partial charge in [-0.15, -0.1) is 0 Å². The van der Waals surface area contributed by atoms with Crippen molar-refractivity contribution in [3.05, 3.63) is 48.0 Å². The molecular formula is C13H14O3. The lowest BCUT2D eigenvalue weighted by atomic mass is 10.1. The van der Waals surface area contributed by atoms with Crippen LogP contribution in [0.25, 0.3) is 0 Å². The highest BCUT2D eigenvalue weighted by Gasteiger charge is 2.05. The van der Waals surface area contributed by atoms with Crippen molar-refractivity contribution in [1.29, 1.82) is 0 Å². The van der Waals surface area contributed by atoms with E-state index in [0.717, 1.165) is 0 Å². The van der Waals surface area contributed by atoms with Gasteiger partial charge in [-0.25, -0.2) is 4.79 Å². The fraction of sp³-hybridized carbons (Fsp3) is 0.231. The number of hydrogen-bond donors (Lipinski definition) is 0. The van der Waals surface area contributed by atoms with Crippen LogP contribution in [0.2, 0.25) is 0 Å². The van der Waals surface area contributed by atoms with E-state index in [1.54, 1.807) is 37.3 Å². The van der Waals surface area contributed by atoms with Gasteiger partial charge in [0.25, 0.3) is 0 Å². The molecule has 0 bridgehead atoms. The molecule has 16 heavy (non-hydrogen) atoms. The van der Waals surface area contributed by atoms with E-state index in [9.17, 15) is 9.59 Å². The van der Waals surface area contributed by atoms with E-state index in [-0.39, 0.29) is 18.8 Å². The molecule has 0 unspecified atom stereocenters. The van der Waals surface area contributed by atoms with Crippen LogP contribution >= 0.6 is 0 Å². The molecule has 1 aromatic carbocycles. The van der Waals surface area contributed by atoms with Crippen LogP contribution in [0.15, 0.2) is 42.5 Å². The van der Waals surface area contributed by atoms with Crippen LogP contribution in [0.5, 0.6) is 0 Å². The molecule has 84 valence electrons. The van der Waals surface area contributed by atoms with Gasteiger partial charge in [-0.05, 0) is 6.92 Å². The van der Waals surface area contributed by atoms with Gasteiger partial charge in [0.1, 0.15) is 0 Å². The van der Waals surface area contributed by atoms with E-state index < -0.39 is 5.97 Å². The van der Waals surface area contributed by atoms with Crippen LogP contribution in [0.3, 0.4) is 0 Å². The number of esters is 1. The molecule has 0 radical (unpaired) electrons. The summed E-state index contributed by atoms with van der Waals surface area (Å²) in [6, 6.07) is 8.95. The number of ether oxygens (including phenoxy) is 1. The molecule has 1 aromatic rings. The van der Waals surface area contributed by atoms with Gasteiger partial charge in [-0.3, -0.25) is 4.79 Å². The molecule has 0 aliphatic carbocycles. The lowest BCUT2D eigenvalue weighted by Crippen LogP contribution is -2.08. The molecule has 0 aliphatic rings. The van der Waals surface area contributed by atoms with Crippen molar-refractivity contribution in [2.75, 3.05) is 6.61 Å². The van der Waals surface area contributed by atoms with Gasteiger partial charge in [0.15, 0.2) is 5.78 Å². The molecule has 0 heterocycles. The van der Waals surface area contributed by atoms with Crippen molar-refractivity contribution in [3.63, 3.8) is 0 Å². The van der Waals surface area contributed by atoms with E-state index in [0.29, 0.717) is 5.56 Å². The normalized spacial score (nSPS) is 10.3. The maximum Gasteiger partial charge on any atom is 0.330 e. The Balaban J connectivity index is 2.34. The number of hydrogen-bond acceptors (Lipinski definition) is 3. The standard InChI is InChI=1S/C13H14O3/c1-2-6-13(15)16-10-9-12(14)11-7-4-3-5-8-11/h2-8H,9-10H2,1H3/b6-2+. The average molecular weight is 218 g/mol. The highest BCUT2D eigenvalue weighted by atomic mass is 16.5. The van der Waals surface area contributed by atoms with Crippen molar-refractivity contribution in [1.82, 2.24) is 0 Å². The minimum Gasteiger partial charge on any atom is -0.462 e. The Morgan fingerprint density at radius 3 is 2.56 bits per heavy atom. The van der Waals surface area contributed by atoms with E-state index in [1.165, 1.54) is 6.08 Å². The van der Waals surface area contributed by atoms with Gasteiger partial charge >= 0.3 is 5.97 Å². The molecule has 0 N–H and O–H groups in total. The molecule has 0 fully saturated rings. The average Bonchev–Trinajstić information content (AvgIpc) is 2.30. The second-order valence-electron chi connectivity index (χ2n) is 3.21. The number of benzene rings is 1. The van der Waals surface area contributed by atoms with E-state index in [4.69, 9.17) is 4.74 Å². The monoisotopic (exact) mass is 218 g/mol. The van der Waals surface area contributed by atoms with Crippen molar-refractivity contribution >= 4 is 11.8 Å². The minimum absolute atomic E-state index is 0.0196. The summed E-state index contributed by atoms with van der Waals surface area (Å²) >= 11 is 0. The Bertz CT molecular complexity index is 379. The fourth-order valence-electron chi connectivity index (χ4n) is 1.20. The second kappa shape index (κ2) is 6.56. The van der Waals surface area contributed by atoms with Gasteiger partial charge in [0, 0.05) is 18.1 Å². The number of carbonyl (C=O) groups is 2. The van der Waals surface area contributed by atoms with Gasteiger partial charge < -0.3 is 4.74 Å². The minimum atomic E-state index is -0.414. The summed E-state index contributed by atoms with van der Waals surface area (Å²) in [5, 5.41) is 0. The lowest BCUT2D eigenvalue weighted by Gasteiger charge is -2.01. The van der Waals surface area contributed by atoms with Gasteiger partial charge in [-0.1, -0.05) is 36.4 Å². The van der Waals surface area contributed by atoms with Crippen molar-refractivity contribution in [2.24, 2.45) is 0 Å². The third kappa shape index (κ3) is 4.09. The maximum absolute atomic E-state index is 11.6. The van der Waals surface area contributed by atoms with Crippen LogP contribution in [0, 0.1) is 0 Å². The predicted molar refractivity (Wildman–Crippen MR) is 61.2 cm³/mol. The molecule has 0 aliphatic heterocycles. The highest BCUT2D eigenvalue weighted by Crippen LogP contribution is 2.02. The molecule has 3 nitrogen and oxygen atoms in total. The molecule has 0 saturated heterocycles. The van der Waals surface area contributed by atoms with E-state index in [1.807, 2.05) is 6.07 Å². The second-order valence-corrected chi connectivity index (χ2v) is 3.21. The van der Waals surface area contributed by atoms with Crippen LogP contribution in [0.4, 0.5) is 0 Å². The first-order valence-electron chi connectivity index (χ1n) is 5.11. The van der Waals surface area contributed by atoms with E-state index >= 15 is 0 Å². The predicted octanol–water partition coefficient (Wildman–Crippen LogP) is 2.38. The third-order valence-electron chi connectivity index (χ3n) is 1.97. The summed E-state index contributed by atoms with van der Waals surface area (Å²) in [4.78, 5) is 22.5. The fourth-order valence-corrected chi connectivity index (χ4v) is 1.20. The third-order valence-corrected chi connectivity index (χ3v) is 1.97. The van der Waals surface area contributed by atoms with Crippen LogP contribution < -0.4 is 0 Å². The number of Topliss-reactive ketones (excluding diaryl/α,β-unsaturated/α-hetero) is 1. The van der Waals surface area contributed by atoms with Crippen molar-refractivity contribution in [2.45, 2.75) is 13.3 Å². The molecular weight excluding hydrogens is 204 g/mol. The first kappa shape index (κ1) is 12.2. The van der Waals surface area contributed by atoms with E-state index in [2.05, 4.69) is 0 Å². The molecule has 1 rings (SSSR count). The SMILES string of the molecule is C/C=C/C(=O)OCCC(=O)c1ccccc1. The summed E-state index contributed by atoms with van der Waals surface area (Å²) in [7, 11) is 0. The van der Waals surface area contributed by atoms with Crippen LogP contribution in [-0.4, -0.2) is 18.4 Å². The van der Waals surface area contributed by atoms with Gasteiger partial charge in [0.2, 0.25) is 0 Å². The zero-order valence-corrected chi connectivity index (χ0v) is 9.18. The van der Waals surface area contributed by atoms with Crippen molar-refractivity contribution < 1.29 is 14.3 Å². The number of carbonyl (C=O) groups excluding carboxylic acids is 2. The summed E-state index contributed by atoms with van der Waals surface area (Å²) in [5.41, 5.74) is 0.643. The smallest absolute Gasteiger partial charge is 0.330 e. The summed E-state index contributed by atoms with van der Waals surface area (Å²) < 4.78 is 4.83. The molecule has 0 saturated carbocycles. The Morgan fingerprint density at radius 1 is 1.25 bits per heavy atom. The lowest BCUT2D eigenvalue weighted by molar-refractivity contribution is -0.137. The summed E-state index contributed by atoms with van der Waals surface area (Å²) in [6.07, 6.45) is 3.14. The Kier molecular flexibility index (Phi) is 4.99. The number of rotatable bonds is 5. The molecule has 0 spiro atoms. The molecule has 3 heteroatoms. The zero-order chi connectivity index (χ0) is 11.8. The first-order chi connectivity index (χ1) is 7.74. The zero-order valence-electron chi connectivity index (χ0n) is 9.18. The largest absolute Gasteiger partial charge is 0.462 e. The highest BCUT2D eigenvalue weighted by molar-refractivity contribution is 5.96. The molecule has 0 atom stereocenters. The van der Waals surface area contributed by atoms with Gasteiger partial charge in [-0.2, -0.15) is 0 Å².